The van der Waals surface area contributed by atoms with Gasteiger partial charge in [-0.1, -0.05) is 36.4 Å². The van der Waals surface area contributed by atoms with E-state index < -0.39 is 5.69 Å². The molecule has 0 bridgehead atoms. The van der Waals surface area contributed by atoms with Gasteiger partial charge in [0.25, 0.3) is 5.56 Å². The van der Waals surface area contributed by atoms with Crippen LogP contribution in [0.15, 0.2) is 57.7 Å². The van der Waals surface area contributed by atoms with Crippen LogP contribution in [0.2, 0.25) is 0 Å². The molecule has 3 aromatic rings. The highest BCUT2D eigenvalue weighted by Gasteiger charge is 2.30. The van der Waals surface area contributed by atoms with Gasteiger partial charge in [0.1, 0.15) is 0 Å². The summed E-state index contributed by atoms with van der Waals surface area (Å²) < 4.78 is 4.56. The predicted molar refractivity (Wildman–Crippen MR) is 110 cm³/mol. The van der Waals surface area contributed by atoms with E-state index in [4.69, 9.17) is 0 Å². The Morgan fingerprint density at radius 2 is 1.93 bits per heavy atom. The molecule has 28 heavy (non-hydrogen) atoms. The molecule has 4 rings (SSSR count). The van der Waals surface area contributed by atoms with Crippen molar-refractivity contribution in [3.8, 4) is 0 Å². The van der Waals surface area contributed by atoms with Crippen LogP contribution in [0.3, 0.4) is 0 Å². The molecule has 8 nitrogen and oxygen atoms in total. The van der Waals surface area contributed by atoms with Crippen LogP contribution in [-0.4, -0.2) is 30.9 Å². The standard InChI is InChI=1S/C20H22N6O2/c1-5-11-25-19-21-17-16(26(19)14(3)13(2)22-25)18(27)24(20(28)23(17)4)12-15-9-7-6-8-10-15/h5-10,14H,1,11-12H2,2-4H3. The lowest BCUT2D eigenvalue weighted by Crippen LogP contribution is -2.40. The fourth-order valence-electron chi connectivity index (χ4n) is 3.53. The molecule has 0 saturated heterocycles. The van der Waals surface area contributed by atoms with E-state index in [1.807, 2.05) is 48.7 Å². The lowest BCUT2D eigenvalue weighted by Gasteiger charge is -2.28. The highest BCUT2D eigenvalue weighted by atomic mass is 16.2. The fraction of sp³-hybridized carbons (Fsp3) is 0.300. The first kappa shape index (κ1) is 18.0. The molecule has 2 aromatic heterocycles. The number of aromatic nitrogens is 4. The van der Waals surface area contributed by atoms with Gasteiger partial charge >= 0.3 is 5.69 Å². The Morgan fingerprint density at radius 1 is 1.21 bits per heavy atom. The van der Waals surface area contributed by atoms with E-state index in [0.717, 1.165) is 11.3 Å². The Kier molecular flexibility index (Phi) is 4.26. The number of anilines is 1. The number of imidazole rings is 1. The molecule has 1 aliphatic rings. The molecule has 1 atom stereocenters. The normalized spacial score (nSPS) is 16.2. The third kappa shape index (κ3) is 2.60. The third-order valence-corrected chi connectivity index (χ3v) is 5.14. The molecule has 0 radical (unpaired) electrons. The number of fused-ring (bicyclic) bond motifs is 3. The van der Waals surface area contributed by atoms with Crippen LogP contribution in [0.1, 0.15) is 25.5 Å². The van der Waals surface area contributed by atoms with Crippen LogP contribution in [0.5, 0.6) is 0 Å². The summed E-state index contributed by atoms with van der Waals surface area (Å²) >= 11 is 0. The van der Waals surface area contributed by atoms with E-state index in [0.29, 0.717) is 23.7 Å². The van der Waals surface area contributed by atoms with Gasteiger partial charge in [-0.05, 0) is 19.4 Å². The van der Waals surface area contributed by atoms with Gasteiger partial charge in [0, 0.05) is 7.05 Å². The topological polar surface area (TPSA) is 77.4 Å². The lowest BCUT2D eigenvalue weighted by atomic mass is 10.2. The Hall–Kier alpha value is -3.42. The van der Waals surface area contributed by atoms with Crippen LogP contribution in [0.25, 0.3) is 11.2 Å². The summed E-state index contributed by atoms with van der Waals surface area (Å²) in [7, 11) is 1.64. The van der Waals surface area contributed by atoms with Crippen molar-refractivity contribution in [2.45, 2.75) is 26.4 Å². The third-order valence-electron chi connectivity index (χ3n) is 5.14. The van der Waals surface area contributed by atoms with Gasteiger partial charge in [-0.15, -0.1) is 6.58 Å². The van der Waals surface area contributed by atoms with Crippen molar-refractivity contribution in [1.29, 1.82) is 0 Å². The Balaban J connectivity index is 2.01. The lowest BCUT2D eigenvalue weighted by molar-refractivity contribution is 0.634. The Labute approximate surface area is 161 Å². The van der Waals surface area contributed by atoms with Gasteiger partial charge in [-0.25, -0.2) is 9.80 Å². The SMILES string of the molecule is C=CCN1N=C(C)C(C)n2c1nc1c2c(=O)n(Cc2ccccc2)c(=O)n1C. The summed E-state index contributed by atoms with van der Waals surface area (Å²) in [6.45, 7) is 8.32. The second-order valence-corrected chi connectivity index (χ2v) is 6.96. The average molecular weight is 378 g/mol. The van der Waals surface area contributed by atoms with Gasteiger partial charge in [-0.2, -0.15) is 10.1 Å². The number of hydrazone groups is 1. The summed E-state index contributed by atoms with van der Waals surface area (Å²) in [5, 5.41) is 6.26. The molecule has 3 heterocycles. The number of rotatable bonds is 4. The molecular weight excluding hydrogens is 356 g/mol. The van der Waals surface area contributed by atoms with Crippen LogP contribution >= 0.6 is 0 Å². The van der Waals surface area contributed by atoms with Crippen molar-refractivity contribution < 1.29 is 0 Å². The first-order chi connectivity index (χ1) is 13.4. The molecule has 0 saturated carbocycles. The van der Waals surface area contributed by atoms with Crippen molar-refractivity contribution in [3.05, 3.63) is 69.4 Å². The minimum Gasteiger partial charge on any atom is -0.294 e. The first-order valence-corrected chi connectivity index (χ1v) is 9.13. The van der Waals surface area contributed by atoms with Gasteiger partial charge in [-0.3, -0.25) is 18.5 Å². The van der Waals surface area contributed by atoms with Crippen molar-refractivity contribution in [1.82, 2.24) is 18.7 Å². The number of nitrogens with zero attached hydrogens (tertiary/aromatic N) is 6. The van der Waals surface area contributed by atoms with Crippen molar-refractivity contribution >= 4 is 22.8 Å². The van der Waals surface area contributed by atoms with Crippen LogP contribution in [-0.2, 0) is 13.6 Å². The molecule has 8 heteroatoms. The smallest absolute Gasteiger partial charge is 0.294 e. The molecule has 0 amide bonds. The van der Waals surface area contributed by atoms with Crippen LogP contribution < -0.4 is 16.3 Å². The van der Waals surface area contributed by atoms with E-state index in [1.54, 1.807) is 18.1 Å². The molecule has 0 spiro atoms. The zero-order chi connectivity index (χ0) is 20.0. The number of hydrogen-bond acceptors (Lipinski definition) is 5. The van der Waals surface area contributed by atoms with E-state index >= 15 is 0 Å². The van der Waals surface area contributed by atoms with Crippen molar-refractivity contribution in [2.24, 2.45) is 12.1 Å². The van der Waals surface area contributed by atoms with Crippen LogP contribution in [0.4, 0.5) is 5.95 Å². The largest absolute Gasteiger partial charge is 0.332 e. The Bertz CT molecular complexity index is 1220. The molecule has 0 fully saturated rings. The van der Waals surface area contributed by atoms with Crippen LogP contribution in [0, 0.1) is 0 Å². The summed E-state index contributed by atoms with van der Waals surface area (Å²) in [6, 6.07) is 9.33. The minimum atomic E-state index is -0.391. The van der Waals surface area contributed by atoms with E-state index in [2.05, 4.69) is 16.7 Å². The van der Waals surface area contributed by atoms with Crippen molar-refractivity contribution in [2.75, 3.05) is 11.6 Å². The molecule has 1 aromatic carbocycles. The summed E-state index contributed by atoms with van der Waals surface area (Å²) in [6.07, 6.45) is 1.73. The van der Waals surface area contributed by atoms with E-state index in [1.165, 1.54) is 9.13 Å². The second-order valence-electron chi connectivity index (χ2n) is 6.96. The van der Waals surface area contributed by atoms with Gasteiger partial charge in [0.2, 0.25) is 5.95 Å². The maximum Gasteiger partial charge on any atom is 0.332 e. The maximum atomic E-state index is 13.4. The first-order valence-electron chi connectivity index (χ1n) is 9.13. The predicted octanol–water partition coefficient (Wildman–Crippen LogP) is 1.89. The highest BCUT2D eigenvalue weighted by Crippen LogP contribution is 2.29. The van der Waals surface area contributed by atoms with E-state index in [9.17, 15) is 9.59 Å². The summed E-state index contributed by atoms with van der Waals surface area (Å²) in [5.74, 6) is 0.539. The minimum absolute atomic E-state index is 0.142. The summed E-state index contributed by atoms with van der Waals surface area (Å²) in [5.41, 5.74) is 1.78. The average Bonchev–Trinajstić information content (AvgIpc) is 3.10. The van der Waals surface area contributed by atoms with Crippen molar-refractivity contribution in [3.63, 3.8) is 0 Å². The molecular formula is C20H22N6O2. The molecule has 144 valence electrons. The van der Waals surface area contributed by atoms with Gasteiger partial charge in [0.15, 0.2) is 11.2 Å². The quantitative estimate of drug-likeness (QED) is 0.650. The number of hydrogen-bond donors (Lipinski definition) is 0. The second kappa shape index (κ2) is 6.63. The molecule has 1 aliphatic heterocycles. The zero-order valence-electron chi connectivity index (χ0n) is 16.2. The molecule has 0 aliphatic carbocycles. The maximum absolute atomic E-state index is 13.4. The zero-order valence-corrected chi connectivity index (χ0v) is 16.2. The number of benzene rings is 1. The van der Waals surface area contributed by atoms with Gasteiger partial charge in [0.05, 0.1) is 24.8 Å². The monoisotopic (exact) mass is 378 g/mol. The van der Waals surface area contributed by atoms with E-state index in [-0.39, 0.29) is 18.1 Å². The molecule has 0 N–H and O–H groups in total. The summed E-state index contributed by atoms with van der Waals surface area (Å²) in [4.78, 5) is 30.8. The molecule has 1 unspecified atom stereocenters. The Morgan fingerprint density at radius 3 is 2.61 bits per heavy atom. The highest BCUT2D eigenvalue weighted by molar-refractivity contribution is 5.91. The number of aryl methyl sites for hydroxylation is 1. The van der Waals surface area contributed by atoms with Gasteiger partial charge < -0.3 is 0 Å². The fourth-order valence-corrected chi connectivity index (χ4v) is 3.53.